The van der Waals surface area contributed by atoms with Gasteiger partial charge in [-0.1, -0.05) is 0 Å². The number of aliphatic hydroxyl groups is 1. The number of aliphatic hydroxyl groups excluding tert-OH is 1. The standard InChI is InChI=1S/C26H24F2N6O3/c27-19-10-17(11-20(28)12-19)21-2-4-34(31-21)25-14-23(32-5-8-36-9-6-32)26-22(30-25)13-24(37-26)18-15-29-33(16-18)3-1-7-35/h2,4,10-16,35H,1,3,5-9H2. The van der Waals surface area contributed by atoms with Crippen LogP contribution in [-0.4, -0.2) is 62.6 Å². The van der Waals surface area contributed by atoms with Crippen LogP contribution < -0.4 is 4.90 Å². The van der Waals surface area contributed by atoms with Crippen molar-refractivity contribution in [2.75, 3.05) is 37.8 Å². The lowest BCUT2D eigenvalue weighted by molar-refractivity contribution is 0.122. The number of aryl methyl sites for hydroxylation is 1. The predicted molar refractivity (Wildman–Crippen MR) is 132 cm³/mol. The van der Waals surface area contributed by atoms with Gasteiger partial charge in [0.15, 0.2) is 11.4 Å². The molecule has 0 saturated carbocycles. The van der Waals surface area contributed by atoms with E-state index in [4.69, 9.17) is 19.2 Å². The zero-order valence-electron chi connectivity index (χ0n) is 19.8. The van der Waals surface area contributed by atoms with Gasteiger partial charge in [0.05, 0.1) is 36.4 Å². The molecule has 0 aliphatic carbocycles. The summed E-state index contributed by atoms with van der Waals surface area (Å²) in [5.74, 6) is -0.155. The average molecular weight is 507 g/mol. The molecular weight excluding hydrogens is 482 g/mol. The molecule has 1 saturated heterocycles. The number of nitrogens with zero attached hydrogens (tertiary/aromatic N) is 6. The number of hydrogen-bond acceptors (Lipinski definition) is 7. The minimum Gasteiger partial charge on any atom is -0.452 e. The quantitative estimate of drug-likeness (QED) is 0.356. The van der Waals surface area contributed by atoms with E-state index in [0.29, 0.717) is 73.2 Å². The van der Waals surface area contributed by atoms with Gasteiger partial charge in [-0.25, -0.2) is 18.4 Å². The Kier molecular flexibility index (Phi) is 6.15. The summed E-state index contributed by atoms with van der Waals surface area (Å²) in [6, 6.07) is 8.77. The molecule has 9 nitrogen and oxygen atoms in total. The van der Waals surface area contributed by atoms with Crippen molar-refractivity contribution in [2.45, 2.75) is 13.0 Å². The Morgan fingerprint density at radius 3 is 2.59 bits per heavy atom. The number of ether oxygens (including phenoxy) is 1. The highest BCUT2D eigenvalue weighted by Gasteiger charge is 2.21. The van der Waals surface area contributed by atoms with Crippen molar-refractivity contribution in [3.63, 3.8) is 0 Å². The van der Waals surface area contributed by atoms with Gasteiger partial charge in [-0.05, 0) is 24.6 Å². The van der Waals surface area contributed by atoms with Crippen LogP contribution in [0.1, 0.15) is 6.42 Å². The number of furan rings is 1. The molecule has 37 heavy (non-hydrogen) atoms. The molecule has 0 spiro atoms. The van der Waals surface area contributed by atoms with E-state index in [-0.39, 0.29) is 6.61 Å². The fourth-order valence-electron chi connectivity index (χ4n) is 4.44. The minimum atomic E-state index is -0.663. The summed E-state index contributed by atoms with van der Waals surface area (Å²) < 4.78 is 42.7. The third-order valence-electron chi connectivity index (χ3n) is 6.24. The molecular formula is C26H24F2N6O3. The number of anilines is 1. The Labute approximate surface area is 210 Å². The first-order chi connectivity index (χ1) is 18.1. The van der Waals surface area contributed by atoms with Crippen molar-refractivity contribution in [2.24, 2.45) is 0 Å². The van der Waals surface area contributed by atoms with E-state index in [2.05, 4.69) is 15.1 Å². The number of rotatable bonds is 7. The largest absolute Gasteiger partial charge is 0.452 e. The van der Waals surface area contributed by atoms with Crippen LogP contribution in [0, 0.1) is 11.6 Å². The van der Waals surface area contributed by atoms with E-state index in [1.54, 1.807) is 27.8 Å². The van der Waals surface area contributed by atoms with Crippen LogP contribution in [0.2, 0.25) is 0 Å². The molecule has 0 amide bonds. The van der Waals surface area contributed by atoms with Crippen molar-refractivity contribution in [3.05, 3.63) is 66.6 Å². The van der Waals surface area contributed by atoms with Crippen molar-refractivity contribution < 1.29 is 23.0 Å². The molecule has 4 aromatic heterocycles. The Bertz CT molecular complexity index is 1530. The number of halogens is 2. The molecule has 1 aliphatic rings. The highest BCUT2D eigenvalue weighted by Crippen LogP contribution is 2.35. The molecule has 1 N–H and O–H groups in total. The lowest BCUT2D eigenvalue weighted by Crippen LogP contribution is -2.36. The van der Waals surface area contributed by atoms with Crippen molar-refractivity contribution in [1.82, 2.24) is 24.5 Å². The number of hydrogen-bond donors (Lipinski definition) is 1. The summed E-state index contributed by atoms with van der Waals surface area (Å²) in [7, 11) is 0. The monoisotopic (exact) mass is 506 g/mol. The Balaban J connectivity index is 1.41. The maximum Gasteiger partial charge on any atom is 0.176 e. The molecule has 5 aromatic rings. The van der Waals surface area contributed by atoms with E-state index in [9.17, 15) is 8.78 Å². The minimum absolute atomic E-state index is 0.0960. The van der Waals surface area contributed by atoms with Gasteiger partial charge in [-0.3, -0.25) is 4.68 Å². The van der Waals surface area contributed by atoms with Crippen LogP contribution >= 0.6 is 0 Å². The average Bonchev–Trinajstić information content (AvgIpc) is 3.66. The van der Waals surface area contributed by atoms with Gasteiger partial charge in [0.2, 0.25) is 0 Å². The zero-order valence-corrected chi connectivity index (χ0v) is 19.8. The number of fused-ring (bicyclic) bond motifs is 1. The van der Waals surface area contributed by atoms with Crippen molar-refractivity contribution in [3.8, 4) is 28.4 Å². The van der Waals surface area contributed by atoms with Gasteiger partial charge >= 0.3 is 0 Å². The van der Waals surface area contributed by atoms with Crippen molar-refractivity contribution in [1.29, 1.82) is 0 Å². The van der Waals surface area contributed by atoms with E-state index in [1.807, 2.05) is 18.3 Å². The molecule has 0 unspecified atom stereocenters. The SMILES string of the molecule is OCCCn1cc(-c2cc3nc(-n4ccc(-c5cc(F)cc(F)c5)n4)cc(N4CCOCC4)c3o2)cn1. The molecule has 0 radical (unpaired) electrons. The lowest BCUT2D eigenvalue weighted by Gasteiger charge is -2.28. The van der Waals surface area contributed by atoms with E-state index in [0.717, 1.165) is 17.3 Å². The van der Waals surface area contributed by atoms with Crippen LogP contribution in [0.25, 0.3) is 39.5 Å². The second-order valence-corrected chi connectivity index (χ2v) is 8.80. The normalized spacial score (nSPS) is 14.1. The second-order valence-electron chi connectivity index (χ2n) is 8.80. The van der Waals surface area contributed by atoms with Gasteiger partial charge in [0, 0.05) is 62.4 Å². The molecule has 0 atom stereocenters. The highest BCUT2D eigenvalue weighted by molar-refractivity contribution is 5.91. The second kappa shape index (κ2) is 9.75. The van der Waals surface area contributed by atoms with Gasteiger partial charge < -0.3 is 19.2 Å². The Morgan fingerprint density at radius 2 is 1.81 bits per heavy atom. The summed E-state index contributed by atoms with van der Waals surface area (Å²) >= 11 is 0. The van der Waals surface area contributed by atoms with E-state index in [1.165, 1.54) is 12.1 Å². The molecule has 5 heterocycles. The molecule has 0 bridgehead atoms. The first-order valence-electron chi connectivity index (χ1n) is 12.0. The van der Waals surface area contributed by atoms with Gasteiger partial charge in [0.25, 0.3) is 0 Å². The topological polar surface area (TPSA) is 94.4 Å². The van der Waals surface area contributed by atoms with Gasteiger partial charge in [0.1, 0.15) is 22.9 Å². The summed E-state index contributed by atoms with van der Waals surface area (Å²) in [5, 5.41) is 18.0. The van der Waals surface area contributed by atoms with Crippen LogP contribution in [0.3, 0.4) is 0 Å². The molecule has 11 heteroatoms. The lowest BCUT2D eigenvalue weighted by atomic mass is 10.1. The molecule has 190 valence electrons. The highest BCUT2D eigenvalue weighted by atomic mass is 19.1. The number of pyridine rings is 1. The maximum absolute atomic E-state index is 13.8. The molecule has 6 rings (SSSR count). The number of aromatic nitrogens is 5. The van der Waals surface area contributed by atoms with E-state index >= 15 is 0 Å². The fraction of sp³-hybridized carbons (Fsp3) is 0.269. The summed E-state index contributed by atoms with van der Waals surface area (Å²) in [6.45, 7) is 3.29. The van der Waals surface area contributed by atoms with E-state index < -0.39 is 11.6 Å². The third kappa shape index (κ3) is 4.70. The first kappa shape index (κ1) is 23.3. The Hall–Kier alpha value is -4.09. The maximum atomic E-state index is 13.8. The van der Waals surface area contributed by atoms with Crippen LogP contribution in [0.5, 0.6) is 0 Å². The van der Waals surface area contributed by atoms with Crippen LogP contribution in [0.15, 0.2) is 59.4 Å². The first-order valence-corrected chi connectivity index (χ1v) is 12.0. The predicted octanol–water partition coefficient (Wildman–Crippen LogP) is 4.04. The zero-order chi connectivity index (χ0) is 25.4. The Morgan fingerprint density at radius 1 is 1.00 bits per heavy atom. The van der Waals surface area contributed by atoms with Crippen molar-refractivity contribution >= 4 is 16.8 Å². The fourth-order valence-corrected chi connectivity index (χ4v) is 4.44. The van der Waals surface area contributed by atoms with Gasteiger partial charge in [-0.15, -0.1) is 0 Å². The summed E-state index contributed by atoms with van der Waals surface area (Å²) in [6.07, 6.45) is 5.92. The third-order valence-corrected chi connectivity index (χ3v) is 6.24. The number of benzene rings is 1. The molecule has 1 fully saturated rings. The number of morpholine rings is 1. The smallest absolute Gasteiger partial charge is 0.176 e. The molecule has 1 aliphatic heterocycles. The van der Waals surface area contributed by atoms with Crippen LogP contribution in [0.4, 0.5) is 14.5 Å². The summed E-state index contributed by atoms with van der Waals surface area (Å²) in [4.78, 5) is 6.97. The van der Waals surface area contributed by atoms with Crippen LogP contribution in [-0.2, 0) is 11.3 Å². The van der Waals surface area contributed by atoms with Gasteiger partial charge in [-0.2, -0.15) is 10.2 Å². The summed E-state index contributed by atoms with van der Waals surface area (Å²) in [5.41, 5.74) is 3.72. The molecule has 1 aromatic carbocycles.